The van der Waals surface area contributed by atoms with Gasteiger partial charge in [-0.3, -0.25) is 0 Å². The van der Waals surface area contributed by atoms with E-state index in [0.29, 0.717) is 0 Å². The lowest BCUT2D eigenvalue weighted by Gasteiger charge is -2.26. The van der Waals surface area contributed by atoms with E-state index in [0.717, 1.165) is 25.9 Å². The molecule has 2 nitrogen and oxygen atoms in total. The Hall–Kier alpha value is -3.61. The first kappa shape index (κ1) is 26.1. The van der Waals surface area contributed by atoms with Gasteiger partial charge in [0.25, 0.3) is 0 Å². The smallest absolute Gasteiger partial charge is 0.0776 e. The normalized spacial score (nSPS) is 15.4. The molecule has 0 saturated heterocycles. The van der Waals surface area contributed by atoms with Crippen molar-refractivity contribution in [2.24, 2.45) is 0 Å². The van der Waals surface area contributed by atoms with Gasteiger partial charge in [-0.15, -0.1) is 0 Å². The number of fused-ring (bicyclic) bond motifs is 2. The molecule has 0 saturated carbocycles. The van der Waals surface area contributed by atoms with Crippen molar-refractivity contribution >= 4 is 81.6 Å². The molecule has 0 unspecified atom stereocenters. The molecule has 0 radical (unpaired) electrons. The van der Waals surface area contributed by atoms with Crippen molar-refractivity contribution in [1.82, 2.24) is 0 Å². The van der Waals surface area contributed by atoms with Crippen LogP contribution in [-0.4, -0.2) is 29.2 Å². The molecule has 0 aliphatic carbocycles. The quantitative estimate of drug-likeness (QED) is 0.152. The molecular formula is C38H40N2Si2. The monoisotopic (exact) mass is 580 g/mol. The third-order valence-corrected chi connectivity index (χ3v) is 14.0. The van der Waals surface area contributed by atoms with Gasteiger partial charge in [-0.1, -0.05) is 110 Å². The summed E-state index contributed by atoms with van der Waals surface area (Å²) in [4.78, 5) is 5.14. The predicted molar refractivity (Wildman–Crippen MR) is 190 cm³/mol. The Balaban J connectivity index is 1.27. The van der Waals surface area contributed by atoms with E-state index >= 15 is 0 Å². The van der Waals surface area contributed by atoms with Crippen LogP contribution in [0.25, 0.3) is 32.3 Å². The van der Waals surface area contributed by atoms with Crippen LogP contribution >= 0.6 is 0 Å². The van der Waals surface area contributed by atoms with E-state index in [1.807, 2.05) is 0 Å². The standard InChI is InChI=1S/C38H40N2Si2/c1-41(2,3)29-11-17-33-27(23-29)19-21-39(33)35-15-9-25-8-14-32-36(16-10-26-7-13-31(35)37(25)38(26)32)40-22-20-28-24-30(42(4,5)6)12-18-34(28)40/h7-18,23-24H,19-22H2,1-6H3. The lowest BCUT2D eigenvalue weighted by molar-refractivity contribution is 1.00. The number of hydrogen-bond donors (Lipinski definition) is 0. The molecule has 210 valence electrons. The minimum absolute atomic E-state index is 1.05. The Morgan fingerprint density at radius 2 is 0.833 bits per heavy atom. The average Bonchev–Trinajstić information content (AvgIpc) is 3.58. The Bertz CT molecular complexity index is 1880. The molecule has 2 aliphatic rings. The topological polar surface area (TPSA) is 6.48 Å². The predicted octanol–water partition coefficient (Wildman–Crippen LogP) is 9.06. The lowest BCUT2D eigenvalue weighted by atomic mass is 9.92. The van der Waals surface area contributed by atoms with Gasteiger partial charge in [-0.2, -0.15) is 0 Å². The highest BCUT2D eigenvalue weighted by Gasteiger charge is 2.28. The van der Waals surface area contributed by atoms with Crippen molar-refractivity contribution in [1.29, 1.82) is 0 Å². The number of hydrogen-bond acceptors (Lipinski definition) is 2. The fraction of sp³-hybridized carbons (Fsp3) is 0.263. The molecule has 0 amide bonds. The van der Waals surface area contributed by atoms with Crippen LogP contribution in [0.3, 0.4) is 0 Å². The zero-order chi connectivity index (χ0) is 29.0. The van der Waals surface area contributed by atoms with Gasteiger partial charge in [0.05, 0.1) is 16.1 Å². The van der Waals surface area contributed by atoms with Gasteiger partial charge in [0.2, 0.25) is 0 Å². The molecule has 0 spiro atoms. The summed E-state index contributed by atoms with van der Waals surface area (Å²) in [5.41, 5.74) is 8.47. The third kappa shape index (κ3) is 3.88. The summed E-state index contributed by atoms with van der Waals surface area (Å²) in [5, 5.41) is 11.3. The summed E-state index contributed by atoms with van der Waals surface area (Å²) < 4.78 is 0. The van der Waals surface area contributed by atoms with E-state index in [4.69, 9.17) is 0 Å². The largest absolute Gasteiger partial charge is 0.340 e. The molecule has 4 heteroatoms. The maximum absolute atomic E-state index is 2.57. The molecular weight excluding hydrogens is 541 g/mol. The first-order valence-corrected chi connectivity index (χ1v) is 22.6. The Morgan fingerprint density at radius 1 is 0.452 bits per heavy atom. The van der Waals surface area contributed by atoms with Crippen LogP contribution in [0.2, 0.25) is 39.3 Å². The van der Waals surface area contributed by atoms with Crippen molar-refractivity contribution in [3.05, 3.63) is 96.1 Å². The summed E-state index contributed by atoms with van der Waals surface area (Å²) in [6, 6.07) is 33.4. The van der Waals surface area contributed by atoms with Crippen molar-refractivity contribution in [3.63, 3.8) is 0 Å². The van der Waals surface area contributed by atoms with Crippen LogP contribution < -0.4 is 20.2 Å². The number of nitrogens with zero attached hydrogens (tertiary/aromatic N) is 2. The minimum atomic E-state index is -1.34. The zero-order valence-corrected chi connectivity index (χ0v) is 27.8. The molecule has 0 fully saturated rings. The zero-order valence-electron chi connectivity index (χ0n) is 25.8. The van der Waals surface area contributed by atoms with E-state index in [-0.39, 0.29) is 0 Å². The molecule has 42 heavy (non-hydrogen) atoms. The Morgan fingerprint density at radius 3 is 1.24 bits per heavy atom. The third-order valence-electron chi connectivity index (χ3n) is 9.88. The van der Waals surface area contributed by atoms with Crippen LogP contribution in [0.4, 0.5) is 22.7 Å². The fourth-order valence-electron chi connectivity index (χ4n) is 7.48. The van der Waals surface area contributed by atoms with E-state index in [2.05, 4.69) is 134 Å². The second kappa shape index (κ2) is 8.95. The molecule has 8 rings (SSSR count). The molecule has 6 aromatic carbocycles. The number of anilines is 4. The second-order valence-electron chi connectivity index (χ2n) is 14.6. The van der Waals surface area contributed by atoms with E-state index < -0.39 is 16.1 Å². The summed E-state index contributed by atoms with van der Waals surface area (Å²) in [7, 11) is -2.67. The van der Waals surface area contributed by atoms with E-state index in [1.165, 1.54) is 66.2 Å². The average molecular weight is 581 g/mol. The SMILES string of the molecule is C[Si](C)(C)c1ccc2c(c1)CCN2c1ccc2ccc3c(N4CCc5cc([Si](C)(C)C)ccc54)ccc4ccc1c2c43. The van der Waals surface area contributed by atoms with Crippen molar-refractivity contribution < 1.29 is 0 Å². The van der Waals surface area contributed by atoms with Gasteiger partial charge >= 0.3 is 0 Å². The van der Waals surface area contributed by atoms with Crippen LogP contribution in [0.15, 0.2) is 84.9 Å². The molecule has 6 aromatic rings. The van der Waals surface area contributed by atoms with Gasteiger partial charge in [-0.25, -0.2) is 0 Å². The summed E-state index contributed by atoms with van der Waals surface area (Å²) in [6.07, 6.45) is 2.24. The van der Waals surface area contributed by atoms with Crippen molar-refractivity contribution in [2.75, 3.05) is 22.9 Å². The Kier molecular flexibility index (Phi) is 5.55. The maximum Gasteiger partial charge on any atom is 0.0776 e. The highest BCUT2D eigenvalue weighted by molar-refractivity contribution is 6.89. The fourth-order valence-corrected chi connectivity index (χ4v) is 9.86. The second-order valence-corrected chi connectivity index (χ2v) is 24.7. The van der Waals surface area contributed by atoms with E-state index in [1.54, 1.807) is 10.4 Å². The lowest BCUT2D eigenvalue weighted by Crippen LogP contribution is -2.37. The van der Waals surface area contributed by atoms with Gasteiger partial charge < -0.3 is 9.80 Å². The molecule has 0 N–H and O–H groups in total. The van der Waals surface area contributed by atoms with Crippen LogP contribution in [0.1, 0.15) is 11.1 Å². The molecule has 2 heterocycles. The van der Waals surface area contributed by atoms with E-state index in [9.17, 15) is 0 Å². The summed E-state index contributed by atoms with van der Waals surface area (Å²) in [5.74, 6) is 0. The van der Waals surface area contributed by atoms with Gasteiger partial charge in [0, 0.05) is 46.6 Å². The maximum atomic E-state index is 2.57. The molecule has 0 bridgehead atoms. The van der Waals surface area contributed by atoms with Crippen LogP contribution in [0.5, 0.6) is 0 Å². The van der Waals surface area contributed by atoms with Gasteiger partial charge in [0.15, 0.2) is 0 Å². The van der Waals surface area contributed by atoms with Crippen molar-refractivity contribution in [3.8, 4) is 0 Å². The first-order valence-electron chi connectivity index (χ1n) is 15.6. The Labute approximate surface area is 251 Å². The molecule has 0 atom stereocenters. The summed E-state index contributed by atoms with van der Waals surface area (Å²) in [6.45, 7) is 16.8. The van der Waals surface area contributed by atoms with Gasteiger partial charge in [-0.05, 0) is 69.8 Å². The highest BCUT2D eigenvalue weighted by atomic mass is 28.3. The van der Waals surface area contributed by atoms with Crippen LogP contribution in [0, 0.1) is 0 Å². The minimum Gasteiger partial charge on any atom is -0.340 e. The molecule has 0 aromatic heterocycles. The van der Waals surface area contributed by atoms with Gasteiger partial charge in [0.1, 0.15) is 0 Å². The highest BCUT2D eigenvalue weighted by Crippen LogP contribution is 2.46. The summed E-state index contributed by atoms with van der Waals surface area (Å²) >= 11 is 0. The van der Waals surface area contributed by atoms with Crippen LogP contribution in [-0.2, 0) is 12.8 Å². The van der Waals surface area contributed by atoms with Crippen molar-refractivity contribution in [2.45, 2.75) is 52.1 Å². The first-order chi connectivity index (χ1) is 20.1. The number of rotatable bonds is 4. The number of benzene rings is 6. The molecule has 2 aliphatic heterocycles.